The minimum absolute atomic E-state index is 0.185. The molecule has 0 unspecified atom stereocenters. The molecule has 1 aromatic rings. The van der Waals surface area contributed by atoms with Crippen LogP contribution in [-0.4, -0.2) is 11.9 Å². The SMILES string of the molecule is C=C(/C=C(C)\C(=C\C)NC(=O)c1cccc(C)c1)OC(=O)C(=C)C. The summed E-state index contributed by atoms with van der Waals surface area (Å²) in [6.07, 6.45) is 3.36. The van der Waals surface area contributed by atoms with Gasteiger partial charge in [0.15, 0.2) is 0 Å². The molecule has 1 aromatic carbocycles. The van der Waals surface area contributed by atoms with Gasteiger partial charge in [0, 0.05) is 16.8 Å². The van der Waals surface area contributed by atoms with Crippen LogP contribution >= 0.6 is 0 Å². The summed E-state index contributed by atoms with van der Waals surface area (Å²) in [6.45, 7) is 14.3. The van der Waals surface area contributed by atoms with Gasteiger partial charge in [0.05, 0.1) is 0 Å². The Labute approximate surface area is 143 Å². The lowest BCUT2D eigenvalue weighted by atomic mass is 10.1. The number of benzene rings is 1. The predicted octanol–water partition coefficient (Wildman–Crippen LogP) is 4.21. The number of aryl methyl sites for hydroxylation is 1. The first kappa shape index (κ1) is 19.2. The minimum atomic E-state index is -0.533. The van der Waals surface area contributed by atoms with Gasteiger partial charge < -0.3 is 10.1 Å². The molecule has 0 radical (unpaired) electrons. The zero-order valence-electron chi connectivity index (χ0n) is 14.6. The largest absolute Gasteiger partial charge is 0.424 e. The van der Waals surface area contributed by atoms with Crippen molar-refractivity contribution in [3.8, 4) is 0 Å². The number of hydrogen-bond acceptors (Lipinski definition) is 3. The Balaban J connectivity index is 2.84. The van der Waals surface area contributed by atoms with E-state index >= 15 is 0 Å². The number of allylic oxidation sites excluding steroid dienone is 3. The third-order valence-electron chi connectivity index (χ3n) is 3.19. The highest BCUT2D eigenvalue weighted by Gasteiger charge is 2.10. The summed E-state index contributed by atoms with van der Waals surface area (Å²) in [7, 11) is 0. The highest BCUT2D eigenvalue weighted by molar-refractivity contribution is 5.95. The summed E-state index contributed by atoms with van der Waals surface area (Å²) in [5, 5.41) is 2.85. The molecule has 0 saturated carbocycles. The normalized spacial score (nSPS) is 11.7. The molecule has 0 heterocycles. The molecule has 0 saturated heterocycles. The molecule has 0 aliphatic carbocycles. The maximum absolute atomic E-state index is 12.3. The fraction of sp³-hybridized carbons (Fsp3) is 0.200. The highest BCUT2D eigenvalue weighted by Crippen LogP contribution is 2.13. The molecule has 0 aliphatic heterocycles. The van der Waals surface area contributed by atoms with Crippen molar-refractivity contribution in [2.24, 2.45) is 0 Å². The Bertz CT molecular complexity index is 739. The standard InChI is InChI=1S/C20H23NO3/c1-7-18(15(5)12-16(6)24-20(23)13(2)3)21-19(22)17-10-8-9-14(4)11-17/h7-12H,2,6H2,1,3-5H3,(H,21,22)/b15-12-,18-7-. The van der Waals surface area contributed by atoms with Crippen molar-refractivity contribution in [3.63, 3.8) is 0 Å². The number of rotatable bonds is 6. The molecule has 0 aromatic heterocycles. The molecule has 1 rings (SSSR count). The Morgan fingerprint density at radius 3 is 2.42 bits per heavy atom. The van der Waals surface area contributed by atoms with Gasteiger partial charge >= 0.3 is 5.97 Å². The van der Waals surface area contributed by atoms with E-state index in [0.717, 1.165) is 11.1 Å². The van der Waals surface area contributed by atoms with E-state index in [1.807, 2.05) is 32.0 Å². The van der Waals surface area contributed by atoms with Crippen molar-refractivity contribution < 1.29 is 14.3 Å². The van der Waals surface area contributed by atoms with Crippen LogP contribution < -0.4 is 5.32 Å². The van der Waals surface area contributed by atoms with E-state index in [9.17, 15) is 9.59 Å². The van der Waals surface area contributed by atoms with Gasteiger partial charge in [0.2, 0.25) is 0 Å². The molecule has 0 spiro atoms. The number of amides is 1. The molecule has 1 amide bonds. The third-order valence-corrected chi connectivity index (χ3v) is 3.19. The van der Waals surface area contributed by atoms with Crippen LogP contribution in [0.25, 0.3) is 0 Å². The van der Waals surface area contributed by atoms with Crippen molar-refractivity contribution in [2.75, 3.05) is 0 Å². The third kappa shape index (κ3) is 5.72. The summed E-state index contributed by atoms with van der Waals surface area (Å²) in [4.78, 5) is 23.8. The number of ether oxygens (including phenoxy) is 1. The van der Waals surface area contributed by atoms with Crippen LogP contribution in [-0.2, 0) is 9.53 Å². The quantitative estimate of drug-likeness (QED) is 0.369. The smallest absolute Gasteiger partial charge is 0.338 e. The maximum Gasteiger partial charge on any atom is 0.338 e. The number of carbonyl (C=O) groups excluding carboxylic acids is 2. The highest BCUT2D eigenvalue weighted by atomic mass is 16.5. The summed E-state index contributed by atoms with van der Waals surface area (Å²) in [5.41, 5.74) is 3.22. The van der Waals surface area contributed by atoms with Crippen molar-refractivity contribution in [1.29, 1.82) is 0 Å². The molecule has 0 aliphatic rings. The van der Waals surface area contributed by atoms with Crippen LogP contribution in [0.3, 0.4) is 0 Å². The number of esters is 1. The minimum Gasteiger partial charge on any atom is -0.424 e. The van der Waals surface area contributed by atoms with E-state index in [1.165, 1.54) is 0 Å². The van der Waals surface area contributed by atoms with Crippen LogP contribution in [0.4, 0.5) is 0 Å². The van der Waals surface area contributed by atoms with Gasteiger partial charge in [0.25, 0.3) is 5.91 Å². The maximum atomic E-state index is 12.3. The summed E-state index contributed by atoms with van der Waals surface area (Å²) >= 11 is 0. The lowest BCUT2D eigenvalue weighted by Crippen LogP contribution is -2.23. The lowest BCUT2D eigenvalue weighted by Gasteiger charge is -2.11. The van der Waals surface area contributed by atoms with Gasteiger partial charge in [0.1, 0.15) is 5.76 Å². The first-order chi connectivity index (χ1) is 11.2. The molecule has 126 valence electrons. The first-order valence-electron chi connectivity index (χ1n) is 7.54. The van der Waals surface area contributed by atoms with Gasteiger partial charge in [-0.2, -0.15) is 0 Å². The van der Waals surface area contributed by atoms with Gasteiger partial charge in [-0.25, -0.2) is 4.79 Å². The Kier molecular flexibility index (Phi) is 6.93. The number of carbonyl (C=O) groups is 2. The van der Waals surface area contributed by atoms with E-state index < -0.39 is 5.97 Å². The molecule has 4 heteroatoms. The number of nitrogens with one attached hydrogen (secondary N) is 1. The van der Waals surface area contributed by atoms with Gasteiger partial charge in [-0.05, 0) is 51.5 Å². The van der Waals surface area contributed by atoms with Gasteiger partial charge in [-0.15, -0.1) is 0 Å². The fourth-order valence-electron chi connectivity index (χ4n) is 1.93. The first-order valence-corrected chi connectivity index (χ1v) is 7.54. The average Bonchev–Trinajstić information content (AvgIpc) is 2.51. The van der Waals surface area contributed by atoms with E-state index in [0.29, 0.717) is 16.8 Å². The monoisotopic (exact) mass is 325 g/mol. The predicted molar refractivity (Wildman–Crippen MR) is 96.2 cm³/mol. The summed E-state index contributed by atoms with van der Waals surface area (Å²) in [6, 6.07) is 7.33. The Hall–Kier alpha value is -2.88. The Morgan fingerprint density at radius 1 is 1.21 bits per heavy atom. The van der Waals surface area contributed by atoms with Crippen LogP contribution in [0, 0.1) is 6.92 Å². The van der Waals surface area contributed by atoms with E-state index in [4.69, 9.17) is 4.74 Å². The van der Waals surface area contributed by atoms with Crippen LogP contribution in [0.15, 0.2) is 72.2 Å². The van der Waals surface area contributed by atoms with E-state index in [1.54, 1.807) is 32.1 Å². The molecule has 0 fully saturated rings. The molecular formula is C20H23NO3. The Morgan fingerprint density at radius 2 is 1.88 bits per heavy atom. The summed E-state index contributed by atoms with van der Waals surface area (Å²) in [5.74, 6) is -0.552. The second kappa shape index (κ2) is 8.67. The lowest BCUT2D eigenvalue weighted by molar-refractivity contribution is -0.134. The van der Waals surface area contributed by atoms with Crippen molar-refractivity contribution >= 4 is 11.9 Å². The zero-order chi connectivity index (χ0) is 18.3. The van der Waals surface area contributed by atoms with E-state index in [2.05, 4.69) is 18.5 Å². The molecule has 4 nitrogen and oxygen atoms in total. The molecule has 1 N–H and O–H groups in total. The fourth-order valence-corrected chi connectivity index (χ4v) is 1.93. The number of hydrogen-bond donors (Lipinski definition) is 1. The average molecular weight is 325 g/mol. The topological polar surface area (TPSA) is 55.4 Å². The van der Waals surface area contributed by atoms with Crippen LogP contribution in [0.2, 0.25) is 0 Å². The zero-order valence-corrected chi connectivity index (χ0v) is 14.6. The molecule has 0 atom stereocenters. The molecule has 24 heavy (non-hydrogen) atoms. The molecule has 0 bridgehead atoms. The van der Waals surface area contributed by atoms with Crippen molar-refractivity contribution in [1.82, 2.24) is 5.32 Å². The second-order valence-electron chi connectivity index (χ2n) is 5.49. The van der Waals surface area contributed by atoms with Crippen LogP contribution in [0.1, 0.15) is 36.7 Å². The van der Waals surface area contributed by atoms with Crippen molar-refractivity contribution in [3.05, 3.63) is 83.3 Å². The summed E-state index contributed by atoms with van der Waals surface area (Å²) < 4.78 is 5.03. The molecular weight excluding hydrogens is 302 g/mol. The second-order valence-corrected chi connectivity index (χ2v) is 5.49. The van der Waals surface area contributed by atoms with Gasteiger partial charge in [-0.3, -0.25) is 4.79 Å². The van der Waals surface area contributed by atoms with Gasteiger partial charge in [-0.1, -0.05) is 36.9 Å². The van der Waals surface area contributed by atoms with Crippen molar-refractivity contribution in [2.45, 2.75) is 27.7 Å². The van der Waals surface area contributed by atoms with Crippen LogP contribution in [0.5, 0.6) is 0 Å². The van der Waals surface area contributed by atoms with E-state index in [-0.39, 0.29) is 11.7 Å².